The standard InChI is InChI=1S/C14H29NO/c1-3-5-11-16-12-14(15-4-2)13-9-7-6-8-10-13/h13-15H,3-12H2,1-2H3. The Morgan fingerprint density at radius 2 is 1.94 bits per heavy atom. The van der Waals surface area contributed by atoms with Gasteiger partial charge in [0, 0.05) is 12.6 Å². The molecule has 0 aromatic rings. The molecule has 0 amide bonds. The summed E-state index contributed by atoms with van der Waals surface area (Å²) < 4.78 is 5.78. The summed E-state index contributed by atoms with van der Waals surface area (Å²) in [6.45, 7) is 7.33. The maximum absolute atomic E-state index is 5.78. The van der Waals surface area contributed by atoms with Crippen LogP contribution in [0, 0.1) is 5.92 Å². The van der Waals surface area contributed by atoms with Crippen molar-refractivity contribution in [2.24, 2.45) is 5.92 Å². The van der Waals surface area contributed by atoms with Crippen molar-refractivity contribution < 1.29 is 4.74 Å². The topological polar surface area (TPSA) is 21.3 Å². The molecule has 1 unspecified atom stereocenters. The highest BCUT2D eigenvalue weighted by Gasteiger charge is 2.22. The van der Waals surface area contributed by atoms with Gasteiger partial charge >= 0.3 is 0 Å². The average Bonchev–Trinajstić information content (AvgIpc) is 2.34. The number of rotatable bonds is 8. The molecular weight excluding hydrogens is 198 g/mol. The van der Waals surface area contributed by atoms with Gasteiger partial charge in [0.25, 0.3) is 0 Å². The fourth-order valence-electron chi connectivity index (χ4n) is 2.62. The Morgan fingerprint density at radius 3 is 2.56 bits per heavy atom. The summed E-state index contributed by atoms with van der Waals surface area (Å²) in [5, 5.41) is 3.60. The van der Waals surface area contributed by atoms with Gasteiger partial charge in [-0.1, -0.05) is 39.5 Å². The molecule has 1 atom stereocenters. The summed E-state index contributed by atoms with van der Waals surface area (Å²) in [6, 6.07) is 0.599. The fraction of sp³-hybridized carbons (Fsp3) is 1.00. The Balaban J connectivity index is 2.22. The molecule has 1 rings (SSSR count). The number of unbranched alkanes of at least 4 members (excludes halogenated alkanes) is 1. The van der Waals surface area contributed by atoms with Gasteiger partial charge in [-0.3, -0.25) is 0 Å². The zero-order chi connectivity index (χ0) is 11.6. The minimum absolute atomic E-state index is 0.599. The van der Waals surface area contributed by atoms with E-state index in [1.165, 1.54) is 44.9 Å². The highest BCUT2D eigenvalue weighted by Crippen LogP contribution is 2.26. The van der Waals surface area contributed by atoms with Crippen LogP contribution in [0.5, 0.6) is 0 Å². The minimum Gasteiger partial charge on any atom is -0.380 e. The second-order valence-electron chi connectivity index (χ2n) is 4.99. The molecule has 1 N–H and O–H groups in total. The second-order valence-corrected chi connectivity index (χ2v) is 4.99. The van der Waals surface area contributed by atoms with Gasteiger partial charge in [-0.2, -0.15) is 0 Å². The summed E-state index contributed by atoms with van der Waals surface area (Å²) in [5.41, 5.74) is 0. The van der Waals surface area contributed by atoms with Crippen LogP contribution in [-0.2, 0) is 4.74 Å². The van der Waals surface area contributed by atoms with Crippen molar-refractivity contribution >= 4 is 0 Å². The van der Waals surface area contributed by atoms with E-state index in [-0.39, 0.29) is 0 Å². The maximum Gasteiger partial charge on any atom is 0.0622 e. The van der Waals surface area contributed by atoms with E-state index in [1.807, 2.05) is 0 Å². The molecule has 1 fully saturated rings. The molecule has 0 aliphatic heterocycles. The highest BCUT2D eigenvalue weighted by molar-refractivity contribution is 4.78. The first kappa shape index (κ1) is 14.0. The molecule has 0 spiro atoms. The predicted octanol–water partition coefficient (Wildman–Crippen LogP) is 3.36. The zero-order valence-electron chi connectivity index (χ0n) is 11.1. The van der Waals surface area contributed by atoms with Gasteiger partial charge in [0.1, 0.15) is 0 Å². The highest BCUT2D eigenvalue weighted by atomic mass is 16.5. The number of hydrogen-bond donors (Lipinski definition) is 1. The van der Waals surface area contributed by atoms with Gasteiger partial charge in [0.15, 0.2) is 0 Å². The van der Waals surface area contributed by atoms with Gasteiger partial charge in [0.05, 0.1) is 6.61 Å². The third kappa shape index (κ3) is 5.31. The van der Waals surface area contributed by atoms with E-state index in [9.17, 15) is 0 Å². The largest absolute Gasteiger partial charge is 0.380 e. The zero-order valence-corrected chi connectivity index (χ0v) is 11.1. The van der Waals surface area contributed by atoms with Crippen molar-refractivity contribution in [3.05, 3.63) is 0 Å². The first-order valence-corrected chi connectivity index (χ1v) is 7.19. The van der Waals surface area contributed by atoms with Crippen LogP contribution in [0.4, 0.5) is 0 Å². The normalized spacial score (nSPS) is 19.9. The average molecular weight is 227 g/mol. The fourth-order valence-corrected chi connectivity index (χ4v) is 2.62. The molecule has 0 heterocycles. The molecular formula is C14H29NO. The molecule has 1 saturated carbocycles. The van der Waals surface area contributed by atoms with Crippen LogP contribution in [0.1, 0.15) is 58.8 Å². The molecule has 0 aromatic heterocycles. The van der Waals surface area contributed by atoms with E-state index >= 15 is 0 Å². The van der Waals surface area contributed by atoms with Crippen molar-refractivity contribution in [2.45, 2.75) is 64.8 Å². The first-order valence-electron chi connectivity index (χ1n) is 7.19. The summed E-state index contributed by atoms with van der Waals surface area (Å²) in [4.78, 5) is 0. The third-order valence-electron chi connectivity index (χ3n) is 3.62. The van der Waals surface area contributed by atoms with E-state index in [1.54, 1.807) is 0 Å². The molecule has 0 aromatic carbocycles. The van der Waals surface area contributed by atoms with Gasteiger partial charge in [-0.05, 0) is 31.7 Å². The van der Waals surface area contributed by atoms with E-state index in [2.05, 4.69) is 19.2 Å². The van der Waals surface area contributed by atoms with Gasteiger partial charge in [-0.25, -0.2) is 0 Å². The lowest BCUT2D eigenvalue weighted by molar-refractivity contribution is 0.0831. The first-order chi connectivity index (χ1) is 7.88. The monoisotopic (exact) mass is 227 g/mol. The quantitative estimate of drug-likeness (QED) is 0.642. The van der Waals surface area contributed by atoms with Crippen molar-refractivity contribution in [1.82, 2.24) is 5.32 Å². The molecule has 0 bridgehead atoms. The maximum atomic E-state index is 5.78. The van der Waals surface area contributed by atoms with Crippen LogP contribution < -0.4 is 5.32 Å². The molecule has 2 nitrogen and oxygen atoms in total. The molecule has 2 heteroatoms. The SMILES string of the molecule is CCCCOCC(NCC)C1CCCCC1. The van der Waals surface area contributed by atoms with E-state index in [0.29, 0.717) is 6.04 Å². The summed E-state index contributed by atoms with van der Waals surface area (Å²) in [6.07, 6.45) is 9.50. The van der Waals surface area contributed by atoms with Gasteiger partial charge in [0.2, 0.25) is 0 Å². The number of ether oxygens (including phenoxy) is 1. The predicted molar refractivity (Wildman–Crippen MR) is 69.8 cm³/mol. The van der Waals surface area contributed by atoms with Crippen LogP contribution in [-0.4, -0.2) is 25.8 Å². The van der Waals surface area contributed by atoms with Gasteiger partial charge < -0.3 is 10.1 Å². The van der Waals surface area contributed by atoms with Crippen molar-refractivity contribution in [3.63, 3.8) is 0 Å². The second kappa shape index (κ2) is 9.00. The molecule has 1 aliphatic rings. The summed E-state index contributed by atoms with van der Waals surface area (Å²) >= 11 is 0. The van der Waals surface area contributed by atoms with Crippen LogP contribution in [0.25, 0.3) is 0 Å². The third-order valence-corrected chi connectivity index (χ3v) is 3.62. The Labute approximate surface area is 101 Å². The lowest BCUT2D eigenvalue weighted by Crippen LogP contribution is -2.41. The Morgan fingerprint density at radius 1 is 1.19 bits per heavy atom. The molecule has 0 saturated heterocycles. The Bertz CT molecular complexity index is 155. The van der Waals surface area contributed by atoms with Crippen molar-refractivity contribution in [2.75, 3.05) is 19.8 Å². The van der Waals surface area contributed by atoms with Crippen molar-refractivity contribution in [1.29, 1.82) is 0 Å². The lowest BCUT2D eigenvalue weighted by atomic mass is 9.84. The van der Waals surface area contributed by atoms with Crippen LogP contribution in [0.2, 0.25) is 0 Å². The molecule has 1 aliphatic carbocycles. The van der Waals surface area contributed by atoms with Crippen LogP contribution in [0.3, 0.4) is 0 Å². The Kier molecular flexibility index (Phi) is 7.87. The molecule has 16 heavy (non-hydrogen) atoms. The molecule has 0 radical (unpaired) electrons. The van der Waals surface area contributed by atoms with E-state index in [4.69, 9.17) is 4.74 Å². The smallest absolute Gasteiger partial charge is 0.0622 e. The summed E-state index contributed by atoms with van der Waals surface area (Å²) in [5.74, 6) is 0.857. The Hall–Kier alpha value is -0.0800. The minimum atomic E-state index is 0.599. The van der Waals surface area contributed by atoms with E-state index in [0.717, 1.165) is 25.7 Å². The van der Waals surface area contributed by atoms with E-state index < -0.39 is 0 Å². The van der Waals surface area contributed by atoms with Gasteiger partial charge in [-0.15, -0.1) is 0 Å². The van der Waals surface area contributed by atoms with Crippen LogP contribution in [0.15, 0.2) is 0 Å². The van der Waals surface area contributed by atoms with Crippen LogP contribution >= 0.6 is 0 Å². The number of nitrogens with one attached hydrogen (secondary N) is 1. The molecule has 96 valence electrons. The lowest BCUT2D eigenvalue weighted by Gasteiger charge is -2.30. The number of hydrogen-bond acceptors (Lipinski definition) is 2. The number of likely N-dealkylation sites (N-methyl/N-ethyl adjacent to an activating group) is 1. The summed E-state index contributed by atoms with van der Waals surface area (Å²) in [7, 11) is 0. The van der Waals surface area contributed by atoms with Crippen molar-refractivity contribution in [3.8, 4) is 0 Å².